The molecule has 0 heterocycles. The zero-order chi connectivity index (χ0) is 21.5. The highest BCUT2D eigenvalue weighted by Gasteiger charge is 2.28. The van der Waals surface area contributed by atoms with Crippen molar-refractivity contribution in [2.45, 2.75) is 63.1 Å². The van der Waals surface area contributed by atoms with E-state index in [-0.39, 0.29) is 23.6 Å². The Kier molecular flexibility index (Phi) is 8.23. The Bertz CT molecular complexity index is 866. The number of amides is 2. The van der Waals surface area contributed by atoms with E-state index in [1.165, 1.54) is 11.8 Å². The van der Waals surface area contributed by atoms with Crippen LogP contribution in [0.2, 0.25) is 5.02 Å². The molecule has 1 saturated carbocycles. The first-order chi connectivity index (χ1) is 14.4. The van der Waals surface area contributed by atoms with E-state index in [1.54, 1.807) is 4.90 Å². The molecule has 1 aliphatic carbocycles. The first-order valence-electron chi connectivity index (χ1n) is 10.5. The van der Waals surface area contributed by atoms with Crippen LogP contribution in [0, 0.1) is 6.92 Å². The number of hydrogen-bond acceptors (Lipinski definition) is 3. The van der Waals surface area contributed by atoms with Crippen LogP contribution in [0.4, 0.5) is 0 Å². The van der Waals surface area contributed by atoms with Gasteiger partial charge < -0.3 is 10.2 Å². The van der Waals surface area contributed by atoms with Gasteiger partial charge in [-0.2, -0.15) is 0 Å². The molecule has 0 bridgehead atoms. The fourth-order valence-corrected chi connectivity index (χ4v) is 4.61. The van der Waals surface area contributed by atoms with Gasteiger partial charge in [0.1, 0.15) is 6.04 Å². The molecule has 30 heavy (non-hydrogen) atoms. The molecular weight excluding hydrogens is 416 g/mol. The number of benzene rings is 2. The third kappa shape index (κ3) is 6.26. The standard InChI is InChI=1S/C24H29ClN2O2S/c1-17-7-3-4-8-19(17)15-27(18(2)24(29)26-21-9-5-6-10-21)23(28)16-30-22-13-11-20(25)12-14-22/h3-4,7-8,11-14,18,21H,5-6,9-10,15-16H2,1-2H3,(H,26,29). The largest absolute Gasteiger partial charge is 0.352 e. The second kappa shape index (κ2) is 10.9. The molecule has 6 heteroatoms. The van der Waals surface area contributed by atoms with E-state index in [4.69, 9.17) is 11.6 Å². The zero-order valence-corrected chi connectivity index (χ0v) is 19.1. The van der Waals surface area contributed by atoms with Gasteiger partial charge in [-0.3, -0.25) is 9.59 Å². The maximum atomic E-state index is 13.2. The van der Waals surface area contributed by atoms with Gasteiger partial charge in [0.2, 0.25) is 11.8 Å². The summed E-state index contributed by atoms with van der Waals surface area (Å²) in [5, 5.41) is 3.81. The van der Waals surface area contributed by atoms with Gasteiger partial charge in [0.25, 0.3) is 0 Å². The molecule has 2 aromatic rings. The summed E-state index contributed by atoms with van der Waals surface area (Å²) in [6.07, 6.45) is 4.36. The molecule has 2 aromatic carbocycles. The highest BCUT2D eigenvalue weighted by molar-refractivity contribution is 8.00. The number of thioether (sulfide) groups is 1. The quantitative estimate of drug-likeness (QED) is 0.568. The normalized spacial score (nSPS) is 15.0. The molecular formula is C24H29ClN2O2S. The summed E-state index contributed by atoms with van der Waals surface area (Å²) in [4.78, 5) is 28.8. The smallest absolute Gasteiger partial charge is 0.242 e. The molecule has 0 aromatic heterocycles. The lowest BCUT2D eigenvalue weighted by molar-refractivity contribution is -0.139. The van der Waals surface area contributed by atoms with Crippen LogP contribution in [0.25, 0.3) is 0 Å². The minimum atomic E-state index is -0.525. The van der Waals surface area contributed by atoms with Crippen molar-refractivity contribution in [1.29, 1.82) is 0 Å². The molecule has 1 fully saturated rings. The highest BCUT2D eigenvalue weighted by Crippen LogP contribution is 2.23. The summed E-state index contributed by atoms with van der Waals surface area (Å²) < 4.78 is 0. The Morgan fingerprint density at radius 1 is 1.13 bits per heavy atom. The zero-order valence-electron chi connectivity index (χ0n) is 17.6. The van der Waals surface area contributed by atoms with Crippen LogP contribution >= 0.6 is 23.4 Å². The molecule has 0 saturated heterocycles. The van der Waals surface area contributed by atoms with E-state index >= 15 is 0 Å². The number of nitrogens with one attached hydrogen (secondary N) is 1. The fourth-order valence-electron chi connectivity index (χ4n) is 3.70. The minimum absolute atomic E-state index is 0.0488. The second-order valence-electron chi connectivity index (χ2n) is 7.86. The molecule has 160 valence electrons. The van der Waals surface area contributed by atoms with E-state index in [9.17, 15) is 9.59 Å². The molecule has 1 unspecified atom stereocenters. The number of rotatable bonds is 8. The minimum Gasteiger partial charge on any atom is -0.352 e. The maximum absolute atomic E-state index is 13.2. The SMILES string of the molecule is Cc1ccccc1CN(C(=O)CSc1ccc(Cl)cc1)C(C)C(=O)NC1CCCC1. The van der Waals surface area contributed by atoms with Crippen molar-refractivity contribution in [3.63, 3.8) is 0 Å². The van der Waals surface area contributed by atoms with Gasteiger partial charge in [-0.05, 0) is 62.1 Å². The first-order valence-corrected chi connectivity index (χ1v) is 11.8. The Labute approximate surface area is 188 Å². The molecule has 1 aliphatic rings. The van der Waals surface area contributed by atoms with Crippen molar-refractivity contribution >= 4 is 35.2 Å². The fraction of sp³-hybridized carbons (Fsp3) is 0.417. The maximum Gasteiger partial charge on any atom is 0.242 e. The molecule has 1 atom stereocenters. The van der Waals surface area contributed by atoms with Crippen molar-refractivity contribution in [2.24, 2.45) is 0 Å². The van der Waals surface area contributed by atoms with Gasteiger partial charge in [0.15, 0.2) is 0 Å². The van der Waals surface area contributed by atoms with Crippen molar-refractivity contribution in [3.05, 3.63) is 64.7 Å². The third-order valence-corrected chi connectivity index (χ3v) is 6.90. The van der Waals surface area contributed by atoms with Crippen LogP contribution in [0.1, 0.15) is 43.7 Å². The lowest BCUT2D eigenvalue weighted by Gasteiger charge is -2.30. The van der Waals surface area contributed by atoms with E-state index in [0.717, 1.165) is 41.7 Å². The van der Waals surface area contributed by atoms with Gasteiger partial charge in [-0.15, -0.1) is 11.8 Å². The third-order valence-electron chi connectivity index (χ3n) is 5.65. The molecule has 2 amide bonds. The van der Waals surface area contributed by atoms with Gasteiger partial charge >= 0.3 is 0 Å². The Hall–Kier alpha value is -1.98. The lowest BCUT2D eigenvalue weighted by atomic mass is 10.1. The first kappa shape index (κ1) is 22.7. The molecule has 0 aliphatic heterocycles. The van der Waals surface area contributed by atoms with Crippen LogP contribution in [-0.2, 0) is 16.1 Å². The van der Waals surface area contributed by atoms with Gasteiger partial charge in [0, 0.05) is 22.5 Å². The topological polar surface area (TPSA) is 49.4 Å². The predicted octanol–water partition coefficient (Wildman–Crippen LogP) is 5.22. The molecule has 4 nitrogen and oxygen atoms in total. The summed E-state index contributed by atoms with van der Waals surface area (Å²) in [6.45, 7) is 4.28. The Balaban J connectivity index is 1.71. The van der Waals surface area contributed by atoms with Crippen LogP contribution < -0.4 is 5.32 Å². The monoisotopic (exact) mass is 444 g/mol. The predicted molar refractivity (Wildman–Crippen MR) is 124 cm³/mol. The summed E-state index contributed by atoms with van der Waals surface area (Å²) in [5.41, 5.74) is 2.17. The summed E-state index contributed by atoms with van der Waals surface area (Å²) in [6, 6.07) is 15.2. The molecule has 0 radical (unpaired) electrons. The average Bonchev–Trinajstić information content (AvgIpc) is 3.25. The van der Waals surface area contributed by atoms with E-state index in [0.29, 0.717) is 11.6 Å². The van der Waals surface area contributed by atoms with E-state index in [1.807, 2.05) is 62.4 Å². The van der Waals surface area contributed by atoms with Crippen molar-refractivity contribution in [2.75, 3.05) is 5.75 Å². The van der Waals surface area contributed by atoms with Gasteiger partial charge in [-0.1, -0.05) is 48.7 Å². The van der Waals surface area contributed by atoms with Crippen molar-refractivity contribution in [1.82, 2.24) is 10.2 Å². The van der Waals surface area contributed by atoms with Crippen molar-refractivity contribution in [3.8, 4) is 0 Å². The lowest BCUT2D eigenvalue weighted by Crippen LogP contribution is -2.50. The Morgan fingerprint density at radius 3 is 2.47 bits per heavy atom. The number of aryl methyl sites for hydroxylation is 1. The van der Waals surface area contributed by atoms with E-state index < -0.39 is 6.04 Å². The van der Waals surface area contributed by atoms with Crippen LogP contribution in [0.5, 0.6) is 0 Å². The number of carbonyl (C=O) groups is 2. The molecule has 3 rings (SSSR count). The summed E-state index contributed by atoms with van der Waals surface area (Å²) in [7, 11) is 0. The average molecular weight is 445 g/mol. The number of halogens is 1. The summed E-state index contributed by atoms with van der Waals surface area (Å²) in [5.74, 6) is 0.154. The van der Waals surface area contributed by atoms with Crippen LogP contribution in [0.3, 0.4) is 0 Å². The summed E-state index contributed by atoms with van der Waals surface area (Å²) >= 11 is 7.41. The molecule has 1 N–H and O–H groups in total. The number of hydrogen-bond donors (Lipinski definition) is 1. The van der Waals surface area contributed by atoms with Crippen LogP contribution in [-0.4, -0.2) is 34.6 Å². The number of nitrogens with zero attached hydrogens (tertiary/aromatic N) is 1. The Morgan fingerprint density at radius 2 is 1.80 bits per heavy atom. The molecule has 0 spiro atoms. The van der Waals surface area contributed by atoms with Gasteiger partial charge in [0.05, 0.1) is 5.75 Å². The highest BCUT2D eigenvalue weighted by atomic mass is 35.5. The van der Waals surface area contributed by atoms with Gasteiger partial charge in [-0.25, -0.2) is 0 Å². The van der Waals surface area contributed by atoms with Crippen molar-refractivity contribution < 1.29 is 9.59 Å². The number of carbonyl (C=O) groups excluding carboxylic acids is 2. The van der Waals surface area contributed by atoms with E-state index in [2.05, 4.69) is 5.32 Å². The van der Waals surface area contributed by atoms with Crippen LogP contribution in [0.15, 0.2) is 53.4 Å². The second-order valence-corrected chi connectivity index (χ2v) is 9.34.